The number of oxazole rings is 1. The van der Waals surface area contributed by atoms with Crippen molar-refractivity contribution in [2.45, 2.75) is 12.5 Å². The highest BCUT2D eigenvalue weighted by Crippen LogP contribution is 2.30. The second kappa shape index (κ2) is 5.76. The molecule has 0 spiro atoms. The van der Waals surface area contributed by atoms with Crippen LogP contribution in [0.4, 0.5) is 0 Å². The number of methoxy groups -OCH3 is 1. The van der Waals surface area contributed by atoms with E-state index in [9.17, 15) is 5.11 Å². The molecule has 1 heterocycles. The monoisotopic (exact) mass is 303 g/mol. The first-order valence-corrected chi connectivity index (χ1v) is 6.91. The summed E-state index contributed by atoms with van der Waals surface area (Å²) in [5, 5.41) is 10.9. The van der Waals surface area contributed by atoms with Gasteiger partial charge in [0, 0.05) is 10.6 Å². The summed E-state index contributed by atoms with van der Waals surface area (Å²) in [5.41, 5.74) is 2.15. The lowest BCUT2D eigenvalue weighted by atomic mass is 10.1. The maximum atomic E-state index is 10.4. The Hall–Kier alpha value is -2.04. The van der Waals surface area contributed by atoms with Crippen molar-refractivity contribution in [3.05, 3.63) is 58.9 Å². The number of aromatic nitrogens is 1. The van der Waals surface area contributed by atoms with Gasteiger partial charge in [0.25, 0.3) is 0 Å². The molecule has 0 radical (unpaired) electrons. The van der Waals surface area contributed by atoms with Gasteiger partial charge < -0.3 is 14.3 Å². The normalized spacial score (nSPS) is 12.5. The van der Waals surface area contributed by atoms with Crippen molar-refractivity contribution in [1.29, 1.82) is 0 Å². The zero-order valence-electron chi connectivity index (χ0n) is 11.4. The van der Waals surface area contributed by atoms with Gasteiger partial charge in [0.15, 0.2) is 11.5 Å². The third-order valence-electron chi connectivity index (χ3n) is 3.26. The Morgan fingerprint density at radius 2 is 2.10 bits per heavy atom. The van der Waals surface area contributed by atoms with Gasteiger partial charge in [-0.1, -0.05) is 29.8 Å². The van der Waals surface area contributed by atoms with Gasteiger partial charge in [-0.3, -0.25) is 0 Å². The van der Waals surface area contributed by atoms with E-state index in [-0.39, 0.29) is 6.42 Å². The summed E-state index contributed by atoms with van der Waals surface area (Å²) in [4.78, 5) is 4.36. The number of nitrogens with zero attached hydrogens (tertiary/aromatic N) is 1. The van der Waals surface area contributed by atoms with Gasteiger partial charge in [-0.05, 0) is 24.3 Å². The molecular formula is C16H14ClNO3. The first-order valence-electron chi connectivity index (χ1n) is 6.53. The molecule has 4 nitrogen and oxygen atoms in total. The summed E-state index contributed by atoms with van der Waals surface area (Å²) in [5.74, 6) is 1.03. The lowest BCUT2D eigenvalue weighted by Gasteiger charge is -2.13. The fourth-order valence-electron chi connectivity index (χ4n) is 2.24. The van der Waals surface area contributed by atoms with Crippen LogP contribution in [0.25, 0.3) is 11.1 Å². The van der Waals surface area contributed by atoms with E-state index in [4.69, 9.17) is 20.8 Å². The number of aliphatic hydroxyl groups excluding tert-OH is 1. The molecule has 5 heteroatoms. The third-order valence-corrected chi connectivity index (χ3v) is 3.50. The van der Waals surface area contributed by atoms with Gasteiger partial charge in [-0.15, -0.1) is 0 Å². The van der Waals surface area contributed by atoms with Crippen LogP contribution in [0, 0.1) is 0 Å². The molecule has 3 rings (SSSR count). The maximum absolute atomic E-state index is 10.4. The van der Waals surface area contributed by atoms with E-state index in [1.165, 1.54) is 0 Å². The van der Waals surface area contributed by atoms with Gasteiger partial charge in [-0.2, -0.15) is 0 Å². The highest BCUT2D eigenvalue weighted by molar-refractivity contribution is 6.30. The molecule has 1 atom stereocenters. The van der Waals surface area contributed by atoms with Crippen molar-refractivity contribution < 1.29 is 14.3 Å². The predicted octanol–water partition coefficient (Wildman–Crippen LogP) is 3.77. The minimum Gasteiger partial charge on any atom is -0.496 e. The number of aliphatic hydroxyl groups is 1. The largest absolute Gasteiger partial charge is 0.496 e. The van der Waals surface area contributed by atoms with Crippen LogP contribution < -0.4 is 4.74 Å². The van der Waals surface area contributed by atoms with Crippen molar-refractivity contribution in [2.24, 2.45) is 0 Å². The average Bonchev–Trinajstić information content (AvgIpc) is 2.88. The predicted molar refractivity (Wildman–Crippen MR) is 80.7 cm³/mol. The highest BCUT2D eigenvalue weighted by atomic mass is 35.5. The standard InChI is InChI=1S/C16H14ClNO3/c1-20-15-8-10(17)6-7-11(15)13(19)9-16-18-12-4-2-3-5-14(12)21-16/h2-8,13,19H,9H2,1H3. The van der Waals surface area contributed by atoms with Crippen molar-refractivity contribution in [3.63, 3.8) is 0 Å². The number of benzene rings is 2. The molecule has 0 fully saturated rings. The molecule has 0 saturated heterocycles. The minimum absolute atomic E-state index is 0.271. The van der Waals surface area contributed by atoms with E-state index in [1.807, 2.05) is 24.3 Å². The zero-order valence-corrected chi connectivity index (χ0v) is 12.2. The van der Waals surface area contributed by atoms with E-state index < -0.39 is 6.10 Å². The number of para-hydroxylation sites is 2. The van der Waals surface area contributed by atoms with Crippen molar-refractivity contribution in [2.75, 3.05) is 7.11 Å². The quantitative estimate of drug-likeness (QED) is 0.797. The summed E-state index contributed by atoms with van der Waals surface area (Å²) in [6.45, 7) is 0. The molecule has 2 aromatic carbocycles. The molecule has 3 aromatic rings. The van der Waals surface area contributed by atoms with Crippen LogP contribution in [-0.4, -0.2) is 17.2 Å². The number of rotatable bonds is 4. The summed E-state index contributed by atoms with van der Waals surface area (Å²) < 4.78 is 10.9. The van der Waals surface area contributed by atoms with Crippen LogP contribution in [-0.2, 0) is 6.42 Å². The molecule has 1 unspecified atom stereocenters. The topological polar surface area (TPSA) is 55.5 Å². The first-order chi connectivity index (χ1) is 10.2. The molecular weight excluding hydrogens is 290 g/mol. The fraction of sp³-hybridized carbons (Fsp3) is 0.188. The molecule has 0 aliphatic heterocycles. The number of fused-ring (bicyclic) bond motifs is 1. The smallest absolute Gasteiger partial charge is 0.198 e. The average molecular weight is 304 g/mol. The first kappa shape index (κ1) is 13.9. The van der Waals surface area contributed by atoms with Crippen LogP contribution in [0.1, 0.15) is 17.6 Å². The second-order valence-corrected chi connectivity index (χ2v) is 5.12. The van der Waals surface area contributed by atoms with Crippen LogP contribution in [0.15, 0.2) is 46.9 Å². The summed E-state index contributed by atoms with van der Waals surface area (Å²) in [6.07, 6.45) is -0.502. The fourth-order valence-corrected chi connectivity index (χ4v) is 2.40. The van der Waals surface area contributed by atoms with E-state index >= 15 is 0 Å². The Labute approximate surface area is 126 Å². The SMILES string of the molecule is COc1cc(Cl)ccc1C(O)Cc1nc2ccccc2o1. The van der Waals surface area contributed by atoms with Crippen LogP contribution in [0.3, 0.4) is 0 Å². The van der Waals surface area contributed by atoms with Crippen molar-refractivity contribution >= 4 is 22.7 Å². The molecule has 0 amide bonds. The number of hydrogen-bond acceptors (Lipinski definition) is 4. The lowest BCUT2D eigenvalue weighted by Crippen LogP contribution is -2.04. The van der Waals surface area contributed by atoms with Crippen LogP contribution in [0.5, 0.6) is 5.75 Å². The summed E-state index contributed by atoms with van der Waals surface area (Å²) in [6, 6.07) is 12.6. The molecule has 1 N–H and O–H groups in total. The van der Waals surface area contributed by atoms with Crippen LogP contribution in [0.2, 0.25) is 5.02 Å². The Morgan fingerprint density at radius 1 is 1.29 bits per heavy atom. The molecule has 0 aliphatic rings. The third kappa shape index (κ3) is 2.86. The molecule has 0 saturated carbocycles. The minimum atomic E-state index is -0.773. The molecule has 108 valence electrons. The Balaban J connectivity index is 1.87. The van der Waals surface area contributed by atoms with Crippen LogP contribution >= 0.6 is 11.6 Å². The highest BCUT2D eigenvalue weighted by Gasteiger charge is 2.17. The van der Waals surface area contributed by atoms with E-state index in [0.717, 1.165) is 5.52 Å². The van der Waals surface area contributed by atoms with E-state index in [2.05, 4.69) is 4.98 Å². The summed E-state index contributed by atoms with van der Waals surface area (Å²) >= 11 is 5.92. The Morgan fingerprint density at radius 3 is 2.86 bits per heavy atom. The number of hydrogen-bond donors (Lipinski definition) is 1. The molecule has 21 heavy (non-hydrogen) atoms. The van der Waals surface area contributed by atoms with Gasteiger partial charge >= 0.3 is 0 Å². The number of halogens is 1. The van der Waals surface area contributed by atoms with Gasteiger partial charge in [-0.25, -0.2) is 4.98 Å². The van der Waals surface area contributed by atoms with Crippen molar-refractivity contribution in [1.82, 2.24) is 4.98 Å². The van der Waals surface area contributed by atoms with Gasteiger partial charge in [0.1, 0.15) is 11.3 Å². The van der Waals surface area contributed by atoms with Gasteiger partial charge in [0.2, 0.25) is 0 Å². The lowest BCUT2D eigenvalue weighted by molar-refractivity contribution is 0.165. The van der Waals surface area contributed by atoms with E-state index in [1.54, 1.807) is 25.3 Å². The van der Waals surface area contributed by atoms with E-state index in [0.29, 0.717) is 27.8 Å². The maximum Gasteiger partial charge on any atom is 0.198 e. The summed E-state index contributed by atoms with van der Waals surface area (Å²) in [7, 11) is 1.54. The molecule has 0 aliphatic carbocycles. The Bertz CT molecular complexity index is 736. The van der Waals surface area contributed by atoms with Crippen molar-refractivity contribution in [3.8, 4) is 5.75 Å². The zero-order chi connectivity index (χ0) is 14.8. The second-order valence-electron chi connectivity index (χ2n) is 4.68. The Kier molecular flexibility index (Phi) is 3.82. The number of ether oxygens (including phenoxy) is 1. The van der Waals surface area contributed by atoms with Gasteiger partial charge in [0.05, 0.1) is 19.6 Å². The molecule has 0 bridgehead atoms. The molecule has 1 aromatic heterocycles.